The Hall–Kier alpha value is -1.95. The fourth-order valence-electron chi connectivity index (χ4n) is 1.66. The minimum Gasteiger partial charge on any atom is -0.399 e. The third-order valence-corrected chi connectivity index (χ3v) is 3.24. The molecule has 3 N–H and O–H groups in total. The van der Waals surface area contributed by atoms with E-state index in [1.807, 2.05) is 0 Å². The second-order valence-corrected chi connectivity index (χ2v) is 5.19. The maximum Gasteiger partial charge on any atom is 0.255 e. The van der Waals surface area contributed by atoms with Crippen molar-refractivity contribution in [2.45, 2.75) is 6.92 Å². The summed E-state index contributed by atoms with van der Waals surface area (Å²) >= 11 is 2.97. The second kappa shape index (κ2) is 5.58. The summed E-state index contributed by atoms with van der Waals surface area (Å²) in [5.41, 5.74) is 6.71. The van der Waals surface area contributed by atoms with Crippen molar-refractivity contribution >= 4 is 33.2 Å². The fourth-order valence-corrected chi connectivity index (χ4v) is 2.07. The van der Waals surface area contributed by atoms with Gasteiger partial charge in [0.1, 0.15) is 5.69 Å². The Bertz CT molecular complexity index is 666. The molecule has 0 saturated carbocycles. The lowest BCUT2D eigenvalue weighted by Gasteiger charge is -2.09. The molecule has 0 fully saturated rings. The lowest BCUT2D eigenvalue weighted by Crippen LogP contribution is -2.14. The summed E-state index contributed by atoms with van der Waals surface area (Å²) in [6, 6.07) is 6.77. The third-order valence-electron chi connectivity index (χ3n) is 2.78. The van der Waals surface area contributed by atoms with Gasteiger partial charge >= 0.3 is 0 Å². The molecule has 0 spiro atoms. The molecule has 0 aliphatic carbocycles. The van der Waals surface area contributed by atoms with Crippen molar-refractivity contribution in [3.8, 4) is 0 Å². The molecule has 0 atom stereocenters. The molecule has 0 aliphatic rings. The Morgan fingerprint density at radius 2 is 1.80 bits per heavy atom. The van der Waals surface area contributed by atoms with Crippen LogP contribution in [0.3, 0.4) is 0 Å². The van der Waals surface area contributed by atoms with E-state index >= 15 is 0 Å². The number of carbonyl (C=O) groups excluding carboxylic acids is 1. The molecule has 0 saturated heterocycles. The van der Waals surface area contributed by atoms with Crippen LogP contribution in [-0.2, 0) is 0 Å². The standard InChI is InChI=1S/C14H11BrF2N2O/c1-7-4-8(2-3-12(7)18)14(20)19-13-10(16)5-9(15)6-11(13)17/h2-6H,18H2,1H3,(H,19,20). The lowest BCUT2D eigenvalue weighted by atomic mass is 10.1. The van der Waals surface area contributed by atoms with E-state index in [2.05, 4.69) is 21.2 Å². The van der Waals surface area contributed by atoms with Crippen LogP contribution in [0.1, 0.15) is 15.9 Å². The molecule has 3 nitrogen and oxygen atoms in total. The Kier molecular flexibility index (Phi) is 4.04. The van der Waals surface area contributed by atoms with Crippen molar-refractivity contribution in [3.63, 3.8) is 0 Å². The van der Waals surface area contributed by atoms with Crippen molar-refractivity contribution in [3.05, 3.63) is 57.6 Å². The van der Waals surface area contributed by atoms with Gasteiger partial charge < -0.3 is 11.1 Å². The number of halogens is 3. The van der Waals surface area contributed by atoms with E-state index in [4.69, 9.17) is 5.73 Å². The zero-order valence-electron chi connectivity index (χ0n) is 10.5. The number of hydrogen-bond donors (Lipinski definition) is 2. The van der Waals surface area contributed by atoms with Gasteiger partial charge in [0.05, 0.1) is 0 Å². The van der Waals surface area contributed by atoms with Crippen LogP contribution >= 0.6 is 15.9 Å². The summed E-state index contributed by atoms with van der Waals surface area (Å²) in [5, 5.41) is 2.22. The number of amides is 1. The highest BCUT2D eigenvalue weighted by Crippen LogP contribution is 2.24. The van der Waals surface area contributed by atoms with Crippen LogP contribution in [0.2, 0.25) is 0 Å². The number of hydrogen-bond acceptors (Lipinski definition) is 2. The first-order chi connectivity index (χ1) is 9.38. The Morgan fingerprint density at radius 1 is 1.20 bits per heavy atom. The first kappa shape index (κ1) is 14.5. The minimum atomic E-state index is -0.850. The van der Waals surface area contributed by atoms with Gasteiger partial charge in [0.15, 0.2) is 11.6 Å². The minimum absolute atomic E-state index is 0.258. The summed E-state index contributed by atoms with van der Waals surface area (Å²) in [6.45, 7) is 1.74. The molecule has 104 valence electrons. The average Bonchev–Trinajstić information content (AvgIpc) is 2.36. The molecule has 2 aromatic carbocycles. The number of carbonyl (C=O) groups is 1. The highest BCUT2D eigenvalue weighted by molar-refractivity contribution is 9.10. The molecule has 0 unspecified atom stereocenters. The van der Waals surface area contributed by atoms with Crippen LogP contribution in [0.4, 0.5) is 20.2 Å². The van der Waals surface area contributed by atoms with E-state index in [0.29, 0.717) is 5.69 Å². The van der Waals surface area contributed by atoms with Crippen LogP contribution in [-0.4, -0.2) is 5.91 Å². The molecule has 2 aromatic rings. The number of nitrogen functional groups attached to an aromatic ring is 1. The van der Waals surface area contributed by atoms with E-state index in [9.17, 15) is 13.6 Å². The number of nitrogens with two attached hydrogens (primary N) is 1. The van der Waals surface area contributed by atoms with E-state index in [1.165, 1.54) is 6.07 Å². The highest BCUT2D eigenvalue weighted by Gasteiger charge is 2.15. The zero-order chi connectivity index (χ0) is 14.9. The van der Waals surface area contributed by atoms with Gasteiger partial charge in [0, 0.05) is 15.7 Å². The van der Waals surface area contributed by atoms with Crippen molar-refractivity contribution in [1.82, 2.24) is 0 Å². The van der Waals surface area contributed by atoms with Crippen LogP contribution in [0.15, 0.2) is 34.8 Å². The van der Waals surface area contributed by atoms with Crippen molar-refractivity contribution < 1.29 is 13.6 Å². The molecule has 0 aliphatic heterocycles. The molecule has 0 radical (unpaired) electrons. The molecule has 0 aromatic heterocycles. The lowest BCUT2D eigenvalue weighted by molar-refractivity contribution is 0.102. The van der Waals surface area contributed by atoms with Crippen LogP contribution < -0.4 is 11.1 Å². The van der Waals surface area contributed by atoms with Gasteiger partial charge in [-0.15, -0.1) is 0 Å². The number of rotatable bonds is 2. The second-order valence-electron chi connectivity index (χ2n) is 4.27. The van der Waals surface area contributed by atoms with Crippen LogP contribution in [0, 0.1) is 18.6 Å². The molecule has 20 heavy (non-hydrogen) atoms. The van der Waals surface area contributed by atoms with Gasteiger partial charge in [-0.2, -0.15) is 0 Å². The summed E-state index contributed by atoms with van der Waals surface area (Å²) in [4.78, 5) is 12.0. The number of benzene rings is 2. The maximum atomic E-state index is 13.6. The van der Waals surface area contributed by atoms with E-state index in [-0.39, 0.29) is 10.0 Å². The van der Waals surface area contributed by atoms with Crippen LogP contribution in [0.25, 0.3) is 0 Å². The predicted octanol–water partition coefficient (Wildman–Crippen LogP) is 3.87. The largest absolute Gasteiger partial charge is 0.399 e. The summed E-state index contributed by atoms with van der Waals surface area (Å²) in [6.07, 6.45) is 0. The van der Waals surface area contributed by atoms with Crippen molar-refractivity contribution in [2.75, 3.05) is 11.1 Å². The van der Waals surface area contributed by atoms with Crippen molar-refractivity contribution in [2.24, 2.45) is 0 Å². The molecule has 2 rings (SSSR count). The summed E-state index contributed by atoms with van der Waals surface area (Å²) in [7, 11) is 0. The first-order valence-electron chi connectivity index (χ1n) is 5.70. The topological polar surface area (TPSA) is 55.1 Å². The number of anilines is 2. The number of nitrogens with one attached hydrogen (secondary N) is 1. The maximum absolute atomic E-state index is 13.6. The molecule has 0 bridgehead atoms. The van der Waals surface area contributed by atoms with Gasteiger partial charge in [-0.1, -0.05) is 15.9 Å². The van der Waals surface area contributed by atoms with Crippen LogP contribution in [0.5, 0.6) is 0 Å². The summed E-state index contributed by atoms with van der Waals surface area (Å²) < 4.78 is 27.5. The van der Waals surface area contributed by atoms with Gasteiger partial charge in [-0.25, -0.2) is 8.78 Å². The molecular weight excluding hydrogens is 330 g/mol. The van der Waals surface area contributed by atoms with Crippen molar-refractivity contribution in [1.29, 1.82) is 0 Å². The molecule has 0 heterocycles. The molecular formula is C14H11BrF2N2O. The van der Waals surface area contributed by atoms with E-state index in [0.717, 1.165) is 17.7 Å². The Morgan fingerprint density at radius 3 is 2.35 bits per heavy atom. The Balaban J connectivity index is 2.30. The smallest absolute Gasteiger partial charge is 0.255 e. The van der Waals surface area contributed by atoms with Gasteiger partial charge in [0.25, 0.3) is 5.91 Å². The molecule has 1 amide bonds. The van der Waals surface area contributed by atoms with E-state index < -0.39 is 23.2 Å². The van der Waals surface area contributed by atoms with Gasteiger partial charge in [0.2, 0.25) is 0 Å². The SMILES string of the molecule is Cc1cc(C(=O)Nc2c(F)cc(Br)cc2F)ccc1N. The Labute approximate surface area is 122 Å². The third kappa shape index (κ3) is 2.96. The predicted molar refractivity (Wildman–Crippen MR) is 77.6 cm³/mol. The van der Waals surface area contributed by atoms with Gasteiger partial charge in [-0.05, 0) is 42.8 Å². The monoisotopic (exact) mass is 340 g/mol. The summed E-state index contributed by atoms with van der Waals surface area (Å²) in [5.74, 6) is -2.30. The quantitative estimate of drug-likeness (QED) is 0.815. The zero-order valence-corrected chi connectivity index (χ0v) is 12.1. The fraction of sp³-hybridized carbons (Fsp3) is 0.0714. The molecule has 6 heteroatoms. The van der Waals surface area contributed by atoms with Gasteiger partial charge in [-0.3, -0.25) is 4.79 Å². The first-order valence-corrected chi connectivity index (χ1v) is 6.50. The normalized spacial score (nSPS) is 10.4. The number of aryl methyl sites for hydroxylation is 1. The average molecular weight is 341 g/mol. The van der Waals surface area contributed by atoms with E-state index in [1.54, 1.807) is 19.1 Å². The highest BCUT2D eigenvalue weighted by atomic mass is 79.9.